The number of thiocarbonyl (C=S) groups is 2. The summed E-state index contributed by atoms with van der Waals surface area (Å²) in [4.78, 5) is 79.7. The van der Waals surface area contributed by atoms with Gasteiger partial charge in [-0.2, -0.15) is 0 Å². The van der Waals surface area contributed by atoms with Gasteiger partial charge in [-0.15, -0.1) is 0 Å². The number of amides is 6. The molecule has 6 amide bonds. The molecular formula is C30H30N4O6S2. The number of para-hydroxylation sites is 2. The molecule has 0 N–H and O–H groups in total. The summed E-state index contributed by atoms with van der Waals surface area (Å²) in [5.41, 5.74) is 1.01. The molecule has 0 aliphatic carbocycles. The van der Waals surface area contributed by atoms with E-state index in [1.54, 1.807) is 60.7 Å². The van der Waals surface area contributed by atoms with Crippen LogP contribution < -0.4 is 9.80 Å². The van der Waals surface area contributed by atoms with E-state index in [0.717, 1.165) is 35.5 Å². The highest BCUT2D eigenvalue weighted by atomic mass is 32.1. The third-order valence-electron chi connectivity index (χ3n) is 6.93. The van der Waals surface area contributed by atoms with Crippen LogP contribution in [0.15, 0.2) is 60.7 Å². The van der Waals surface area contributed by atoms with Gasteiger partial charge in [0.2, 0.25) is 35.4 Å². The van der Waals surface area contributed by atoms with Crippen molar-refractivity contribution in [2.45, 2.75) is 64.2 Å². The molecule has 2 aromatic carbocycles. The zero-order valence-electron chi connectivity index (χ0n) is 22.9. The topological polar surface area (TPSA) is 115 Å². The number of carbonyl (C=O) groups excluding carboxylic acids is 6. The molecule has 4 rings (SSSR count). The lowest BCUT2D eigenvalue weighted by atomic mass is 10.1. The molecule has 42 heavy (non-hydrogen) atoms. The quantitative estimate of drug-likeness (QED) is 0.212. The predicted octanol–water partition coefficient (Wildman–Crippen LogP) is 4.26. The van der Waals surface area contributed by atoms with E-state index in [2.05, 4.69) is 0 Å². The second-order valence-corrected chi connectivity index (χ2v) is 10.6. The van der Waals surface area contributed by atoms with Crippen LogP contribution in [-0.2, 0) is 28.8 Å². The van der Waals surface area contributed by atoms with Crippen molar-refractivity contribution in [2.24, 2.45) is 0 Å². The Morgan fingerprint density at radius 2 is 0.857 bits per heavy atom. The molecule has 0 atom stereocenters. The minimum atomic E-state index is -0.616. The van der Waals surface area contributed by atoms with E-state index >= 15 is 0 Å². The molecule has 2 saturated heterocycles. The summed E-state index contributed by atoms with van der Waals surface area (Å²) in [6.07, 6.45) is 3.57. The van der Waals surface area contributed by atoms with E-state index in [4.69, 9.17) is 24.4 Å². The van der Waals surface area contributed by atoms with Gasteiger partial charge in [-0.1, -0.05) is 62.1 Å². The van der Waals surface area contributed by atoms with Crippen LogP contribution in [0.1, 0.15) is 64.2 Å². The highest BCUT2D eigenvalue weighted by molar-refractivity contribution is 7.81. The van der Waals surface area contributed by atoms with Gasteiger partial charge in [-0.25, -0.2) is 9.80 Å². The maximum Gasteiger partial charge on any atom is 0.245 e. The van der Waals surface area contributed by atoms with E-state index in [1.807, 2.05) is 0 Å². The van der Waals surface area contributed by atoms with Crippen molar-refractivity contribution in [3.05, 3.63) is 60.7 Å². The first kappa shape index (κ1) is 30.8. The maximum absolute atomic E-state index is 12.8. The summed E-state index contributed by atoms with van der Waals surface area (Å²) in [5, 5.41) is -0.250. The SMILES string of the molecule is O=C(CCCCCCCCC(=O)N1C(=O)CC(=O)N(c2ccccc2)C1=S)N1C(=O)CC(=O)N(c2ccccc2)C1=S. The zero-order valence-corrected chi connectivity index (χ0v) is 24.5. The Labute approximate surface area is 254 Å². The second kappa shape index (κ2) is 14.1. The lowest BCUT2D eigenvalue weighted by Gasteiger charge is -2.34. The Balaban J connectivity index is 1.17. The first-order valence-corrected chi connectivity index (χ1v) is 14.6. The van der Waals surface area contributed by atoms with Gasteiger partial charge in [0, 0.05) is 12.8 Å². The van der Waals surface area contributed by atoms with Crippen LogP contribution in [0.3, 0.4) is 0 Å². The molecule has 0 unspecified atom stereocenters. The Hall–Kier alpha value is -4.16. The molecule has 12 heteroatoms. The van der Waals surface area contributed by atoms with Gasteiger partial charge in [0.15, 0.2) is 10.2 Å². The van der Waals surface area contributed by atoms with E-state index in [-0.39, 0.29) is 23.1 Å². The van der Waals surface area contributed by atoms with Crippen LogP contribution in [0.2, 0.25) is 0 Å². The van der Waals surface area contributed by atoms with Gasteiger partial charge in [-0.3, -0.25) is 38.6 Å². The molecular weight excluding hydrogens is 576 g/mol. The fourth-order valence-corrected chi connectivity index (χ4v) is 5.66. The molecule has 2 heterocycles. The highest BCUT2D eigenvalue weighted by Crippen LogP contribution is 2.24. The number of anilines is 2. The van der Waals surface area contributed by atoms with Crippen LogP contribution in [0, 0.1) is 0 Å². The second-order valence-electron chi connectivity index (χ2n) is 9.92. The molecule has 0 spiro atoms. The molecule has 0 radical (unpaired) electrons. The molecule has 0 aromatic heterocycles. The summed E-state index contributed by atoms with van der Waals surface area (Å²) in [7, 11) is 0. The summed E-state index contributed by atoms with van der Waals surface area (Å²) < 4.78 is 0. The number of benzene rings is 2. The first-order valence-electron chi connectivity index (χ1n) is 13.8. The van der Waals surface area contributed by atoms with Gasteiger partial charge < -0.3 is 0 Å². The standard InChI is InChI=1S/C30H30N4O6S2/c35-23(33-27(39)19-25(37)31(29(33)41)21-13-7-5-8-14-21)17-11-3-1-2-4-12-18-24(36)34-28(40)20-26(38)32(30(34)42)22-15-9-6-10-16-22/h5-10,13-16H,1-4,11-12,17-20H2. The number of carbonyl (C=O) groups is 6. The zero-order chi connectivity index (χ0) is 30.2. The van der Waals surface area contributed by atoms with Crippen molar-refractivity contribution in [1.82, 2.24) is 9.80 Å². The Kier molecular flexibility index (Phi) is 10.4. The summed E-state index contributed by atoms with van der Waals surface area (Å²) >= 11 is 10.7. The largest absolute Gasteiger partial charge is 0.274 e. The molecule has 2 fully saturated rings. The lowest BCUT2D eigenvalue weighted by Crippen LogP contribution is -2.57. The number of hydrogen-bond donors (Lipinski definition) is 0. The molecule has 2 aliphatic rings. The fraction of sp³-hybridized carbons (Fsp3) is 0.333. The van der Waals surface area contributed by atoms with Crippen molar-refractivity contribution in [3.63, 3.8) is 0 Å². The number of rotatable bonds is 11. The normalized spacial score (nSPS) is 16.0. The van der Waals surface area contributed by atoms with E-state index in [1.165, 1.54) is 9.80 Å². The van der Waals surface area contributed by atoms with Crippen LogP contribution in [0.5, 0.6) is 0 Å². The fourth-order valence-electron chi connectivity index (χ4n) is 4.84. The molecule has 10 nitrogen and oxygen atoms in total. The van der Waals surface area contributed by atoms with E-state index in [0.29, 0.717) is 24.2 Å². The number of nitrogens with zero attached hydrogens (tertiary/aromatic N) is 4. The van der Waals surface area contributed by atoms with Crippen molar-refractivity contribution in [2.75, 3.05) is 9.80 Å². The summed E-state index contributed by atoms with van der Waals surface area (Å²) in [5.74, 6) is -3.03. The Morgan fingerprint density at radius 1 is 0.524 bits per heavy atom. The molecule has 218 valence electrons. The van der Waals surface area contributed by atoms with Crippen molar-refractivity contribution in [3.8, 4) is 0 Å². The van der Waals surface area contributed by atoms with Gasteiger partial charge >= 0.3 is 0 Å². The van der Waals surface area contributed by atoms with Crippen molar-refractivity contribution < 1.29 is 28.8 Å². The van der Waals surface area contributed by atoms with Gasteiger partial charge in [0.1, 0.15) is 12.8 Å². The minimum Gasteiger partial charge on any atom is -0.274 e. The predicted molar refractivity (Wildman–Crippen MR) is 163 cm³/mol. The average Bonchev–Trinajstić information content (AvgIpc) is 2.95. The first-order chi connectivity index (χ1) is 20.2. The molecule has 2 aliphatic heterocycles. The van der Waals surface area contributed by atoms with Gasteiger partial charge in [0.25, 0.3) is 0 Å². The lowest BCUT2D eigenvalue weighted by molar-refractivity contribution is -0.144. The summed E-state index contributed by atoms with van der Waals surface area (Å²) in [6.45, 7) is 0. The smallest absolute Gasteiger partial charge is 0.245 e. The van der Waals surface area contributed by atoms with Crippen LogP contribution >= 0.6 is 24.4 Å². The van der Waals surface area contributed by atoms with Crippen molar-refractivity contribution in [1.29, 1.82) is 0 Å². The summed E-state index contributed by atoms with van der Waals surface area (Å²) in [6, 6.07) is 17.3. The van der Waals surface area contributed by atoms with E-state index < -0.39 is 48.3 Å². The molecule has 0 saturated carbocycles. The number of hydrogen-bond acceptors (Lipinski definition) is 8. The monoisotopic (exact) mass is 606 g/mol. The van der Waals surface area contributed by atoms with Gasteiger partial charge in [0.05, 0.1) is 11.4 Å². The number of unbranched alkanes of at least 4 members (excludes halogenated alkanes) is 5. The maximum atomic E-state index is 12.8. The highest BCUT2D eigenvalue weighted by Gasteiger charge is 2.40. The van der Waals surface area contributed by atoms with Crippen LogP contribution in [0.25, 0.3) is 0 Å². The van der Waals surface area contributed by atoms with Crippen LogP contribution in [-0.4, -0.2) is 55.5 Å². The Bertz CT molecular complexity index is 1310. The van der Waals surface area contributed by atoms with Gasteiger partial charge in [-0.05, 0) is 61.5 Å². The third kappa shape index (κ3) is 7.00. The van der Waals surface area contributed by atoms with Crippen LogP contribution in [0.4, 0.5) is 11.4 Å². The van der Waals surface area contributed by atoms with E-state index in [9.17, 15) is 28.8 Å². The van der Waals surface area contributed by atoms with Crippen molar-refractivity contribution >= 4 is 81.5 Å². The average molecular weight is 607 g/mol. The number of imide groups is 2. The Morgan fingerprint density at radius 3 is 1.21 bits per heavy atom. The molecule has 2 aromatic rings. The third-order valence-corrected chi connectivity index (χ3v) is 7.66. The minimum absolute atomic E-state index is 0.117. The molecule has 0 bridgehead atoms.